The van der Waals surface area contributed by atoms with Crippen molar-refractivity contribution in [1.82, 2.24) is 19.9 Å². The summed E-state index contributed by atoms with van der Waals surface area (Å²) in [4.78, 5) is 17.3. The zero-order valence-electron chi connectivity index (χ0n) is 17.6. The van der Waals surface area contributed by atoms with Crippen molar-refractivity contribution >= 4 is 11.6 Å². The number of amides is 1. The molecule has 1 N–H and O–H groups in total. The fraction of sp³-hybridized carbons (Fsp3) is 0.240. The summed E-state index contributed by atoms with van der Waals surface area (Å²) in [5.41, 5.74) is 6.95. The van der Waals surface area contributed by atoms with Gasteiger partial charge in [0.15, 0.2) is 5.65 Å². The van der Waals surface area contributed by atoms with Gasteiger partial charge in [-0.1, -0.05) is 60.7 Å². The SMILES string of the molecule is Cc1nc2cc(-c3ccccc3)nn2c(C)c1CCC(=O)NC(C)c1ccccc1. The Balaban J connectivity index is 1.50. The zero-order chi connectivity index (χ0) is 21.1. The largest absolute Gasteiger partial charge is 0.350 e. The third-order valence-corrected chi connectivity index (χ3v) is 5.51. The highest BCUT2D eigenvalue weighted by molar-refractivity contribution is 5.76. The van der Waals surface area contributed by atoms with E-state index in [0.29, 0.717) is 12.8 Å². The van der Waals surface area contributed by atoms with Crippen LogP contribution in [0, 0.1) is 13.8 Å². The summed E-state index contributed by atoms with van der Waals surface area (Å²) < 4.78 is 1.88. The van der Waals surface area contributed by atoms with Crippen molar-refractivity contribution < 1.29 is 4.79 Å². The van der Waals surface area contributed by atoms with Gasteiger partial charge < -0.3 is 5.32 Å². The van der Waals surface area contributed by atoms with Crippen molar-refractivity contribution in [2.24, 2.45) is 0 Å². The summed E-state index contributed by atoms with van der Waals surface area (Å²) in [6.07, 6.45) is 1.05. The van der Waals surface area contributed by atoms with Crippen LogP contribution >= 0.6 is 0 Å². The molecule has 30 heavy (non-hydrogen) atoms. The first-order chi connectivity index (χ1) is 14.5. The Labute approximate surface area is 176 Å². The molecule has 0 spiro atoms. The quantitative estimate of drug-likeness (QED) is 0.506. The lowest BCUT2D eigenvalue weighted by Gasteiger charge is -2.15. The number of hydrogen-bond acceptors (Lipinski definition) is 3. The van der Waals surface area contributed by atoms with Crippen LogP contribution in [0.5, 0.6) is 0 Å². The van der Waals surface area contributed by atoms with Crippen LogP contribution < -0.4 is 5.32 Å². The van der Waals surface area contributed by atoms with Crippen LogP contribution in [0.15, 0.2) is 66.7 Å². The maximum atomic E-state index is 12.5. The van der Waals surface area contributed by atoms with Gasteiger partial charge in [-0.05, 0) is 38.3 Å². The smallest absolute Gasteiger partial charge is 0.220 e. The Morgan fingerprint density at radius 2 is 1.70 bits per heavy atom. The Bertz CT molecular complexity index is 1170. The van der Waals surface area contributed by atoms with Crippen LogP contribution in [0.25, 0.3) is 16.9 Å². The van der Waals surface area contributed by atoms with Gasteiger partial charge in [0.1, 0.15) is 0 Å². The lowest BCUT2D eigenvalue weighted by Crippen LogP contribution is -2.27. The van der Waals surface area contributed by atoms with Crippen LogP contribution in [0.3, 0.4) is 0 Å². The first kappa shape index (κ1) is 19.8. The van der Waals surface area contributed by atoms with E-state index in [9.17, 15) is 4.79 Å². The number of nitrogens with one attached hydrogen (secondary N) is 1. The minimum Gasteiger partial charge on any atom is -0.350 e. The zero-order valence-corrected chi connectivity index (χ0v) is 17.6. The molecule has 0 saturated carbocycles. The second-order valence-corrected chi connectivity index (χ2v) is 7.63. The molecule has 4 rings (SSSR count). The van der Waals surface area contributed by atoms with Crippen molar-refractivity contribution in [2.75, 3.05) is 0 Å². The molecular formula is C25H26N4O. The van der Waals surface area contributed by atoms with Crippen molar-refractivity contribution in [1.29, 1.82) is 0 Å². The first-order valence-corrected chi connectivity index (χ1v) is 10.3. The molecule has 1 atom stereocenters. The van der Waals surface area contributed by atoms with Crippen LogP contribution in [0.4, 0.5) is 0 Å². The van der Waals surface area contributed by atoms with Gasteiger partial charge in [-0.3, -0.25) is 4.79 Å². The molecule has 1 unspecified atom stereocenters. The third-order valence-electron chi connectivity index (χ3n) is 5.51. The number of carbonyl (C=O) groups excluding carboxylic acids is 1. The van der Waals surface area contributed by atoms with Gasteiger partial charge in [0.05, 0.1) is 11.7 Å². The van der Waals surface area contributed by atoms with Crippen LogP contribution in [0.2, 0.25) is 0 Å². The predicted molar refractivity (Wildman–Crippen MR) is 119 cm³/mol. The number of aryl methyl sites for hydroxylation is 2. The summed E-state index contributed by atoms with van der Waals surface area (Å²) >= 11 is 0. The number of fused-ring (bicyclic) bond motifs is 1. The van der Waals surface area contributed by atoms with E-state index < -0.39 is 0 Å². The number of rotatable bonds is 6. The van der Waals surface area contributed by atoms with E-state index in [1.807, 2.05) is 92.0 Å². The molecule has 0 aliphatic rings. The Kier molecular flexibility index (Phi) is 5.61. The normalized spacial score (nSPS) is 12.1. The minimum atomic E-state index is -0.0129. The molecule has 2 aromatic carbocycles. The summed E-state index contributed by atoms with van der Waals surface area (Å²) in [5.74, 6) is 0.0377. The summed E-state index contributed by atoms with van der Waals surface area (Å²) in [5, 5.41) is 7.84. The van der Waals surface area contributed by atoms with Crippen LogP contribution in [-0.4, -0.2) is 20.5 Å². The summed E-state index contributed by atoms with van der Waals surface area (Å²) in [6.45, 7) is 6.05. The Morgan fingerprint density at radius 1 is 1.03 bits per heavy atom. The van der Waals surface area contributed by atoms with Crippen molar-refractivity contribution in [2.45, 2.75) is 39.7 Å². The molecule has 5 heteroatoms. The van der Waals surface area contributed by atoms with Gasteiger partial charge in [-0.2, -0.15) is 5.10 Å². The van der Waals surface area contributed by atoms with E-state index in [-0.39, 0.29) is 11.9 Å². The van der Waals surface area contributed by atoms with E-state index >= 15 is 0 Å². The van der Waals surface area contributed by atoms with E-state index in [1.165, 1.54) is 0 Å². The molecule has 0 aliphatic heterocycles. The molecule has 0 radical (unpaired) electrons. The highest BCUT2D eigenvalue weighted by Crippen LogP contribution is 2.22. The fourth-order valence-electron chi connectivity index (χ4n) is 3.82. The highest BCUT2D eigenvalue weighted by Gasteiger charge is 2.15. The molecule has 0 saturated heterocycles. The maximum Gasteiger partial charge on any atom is 0.220 e. The molecule has 0 aliphatic carbocycles. The van der Waals surface area contributed by atoms with E-state index in [4.69, 9.17) is 10.1 Å². The maximum absolute atomic E-state index is 12.5. The molecule has 0 fully saturated rings. The van der Waals surface area contributed by atoms with Crippen molar-refractivity contribution in [3.8, 4) is 11.3 Å². The Hall–Kier alpha value is -3.47. The van der Waals surface area contributed by atoms with Crippen LogP contribution in [0.1, 0.15) is 41.9 Å². The molecule has 2 heterocycles. The molecule has 2 aromatic heterocycles. The van der Waals surface area contributed by atoms with E-state index in [0.717, 1.165) is 39.4 Å². The highest BCUT2D eigenvalue weighted by atomic mass is 16.1. The minimum absolute atomic E-state index is 0.0129. The number of hydrogen-bond donors (Lipinski definition) is 1. The lowest BCUT2D eigenvalue weighted by atomic mass is 10.1. The Morgan fingerprint density at radius 3 is 2.40 bits per heavy atom. The summed E-state index contributed by atoms with van der Waals surface area (Å²) in [6, 6.07) is 22.1. The molecular weight excluding hydrogens is 372 g/mol. The van der Waals surface area contributed by atoms with Gasteiger partial charge in [0.2, 0.25) is 5.91 Å². The predicted octanol–water partition coefficient (Wildman–Crippen LogP) is 4.82. The van der Waals surface area contributed by atoms with Gasteiger partial charge in [-0.25, -0.2) is 9.50 Å². The summed E-state index contributed by atoms with van der Waals surface area (Å²) in [7, 11) is 0. The monoisotopic (exact) mass is 398 g/mol. The molecule has 152 valence electrons. The average molecular weight is 399 g/mol. The standard InChI is InChI=1S/C25H26N4O/c1-17(20-10-6-4-7-11-20)27-25(30)15-14-22-18(2)26-24-16-23(28-29(24)19(22)3)21-12-8-5-9-13-21/h4-13,16-17H,14-15H2,1-3H3,(H,27,30). The van der Waals surface area contributed by atoms with Gasteiger partial charge >= 0.3 is 0 Å². The van der Waals surface area contributed by atoms with Crippen molar-refractivity contribution in [3.05, 3.63) is 89.2 Å². The second kappa shape index (κ2) is 8.49. The van der Waals surface area contributed by atoms with E-state index in [2.05, 4.69) is 5.32 Å². The molecule has 1 amide bonds. The molecule has 4 aromatic rings. The third kappa shape index (κ3) is 4.10. The number of aromatic nitrogens is 3. The first-order valence-electron chi connectivity index (χ1n) is 10.3. The van der Waals surface area contributed by atoms with E-state index in [1.54, 1.807) is 0 Å². The van der Waals surface area contributed by atoms with Gasteiger partial charge in [0, 0.05) is 29.4 Å². The number of nitrogens with zero attached hydrogens (tertiary/aromatic N) is 3. The van der Waals surface area contributed by atoms with Crippen molar-refractivity contribution in [3.63, 3.8) is 0 Å². The lowest BCUT2D eigenvalue weighted by molar-refractivity contribution is -0.121. The topological polar surface area (TPSA) is 59.3 Å². The number of carbonyl (C=O) groups is 1. The fourth-order valence-corrected chi connectivity index (χ4v) is 3.82. The second-order valence-electron chi connectivity index (χ2n) is 7.63. The molecule has 5 nitrogen and oxygen atoms in total. The van der Waals surface area contributed by atoms with Gasteiger partial charge in [-0.15, -0.1) is 0 Å². The average Bonchev–Trinajstić information content (AvgIpc) is 3.19. The molecule has 0 bridgehead atoms. The number of benzene rings is 2. The van der Waals surface area contributed by atoms with Crippen LogP contribution in [-0.2, 0) is 11.2 Å². The van der Waals surface area contributed by atoms with Gasteiger partial charge in [0.25, 0.3) is 0 Å².